The number of fused-ring (bicyclic) bond motifs is 2. The molecule has 0 saturated heterocycles. The van der Waals surface area contributed by atoms with Crippen molar-refractivity contribution in [2.45, 2.75) is 0 Å². The molecule has 0 radical (unpaired) electrons. The van der Waals surface area contributed by atoms with Gasteiger partial charge in [0.2, 0.25) is 5.52 Å². The van der Waals surface area contributed by atoms with Crippen molar-refractivity contribution < 1.29 is 37.7 Å². The lowest BCUT2D eigenvalue weighted by atomic mass is 10.1. The van der Waals surface area contributed by atoms with Crippen molar-refractivity contribution in [3.63, 3.8) is 0 Å². The van der Waals surface area contributed by atoms with E-state index in [0.717, 1.165) is 10.9 Å². The van der Waals surface area contributed by atoms with Gasteiger partial charge < -0.3 is 0 Å². The van der Waals surface area contributed by atoms with Crippen LogP contribution in [0.15, 0.2) is 54.9 Å². The Morgan fingerprint density at radius 1 is 0.950 bits per heavy atom. The molecule has 0 N–H and O–H groups in total. The summed E-state index contributed by atoms with van der Waals surface area (Å²) in [6.07, 6.45) is 3.74. The molecule has 2 aromatic heterocycles. The Labute approximate surface area is 115 Å². The van der Waals surface area contributed by atoms with Gasteiger partial charge in [0.25, 0.3) is 0 Å². The average molecular weight is 298 g/mol. The van der Waals surface area contributed by atoms with E-state index in [9.17, 15) is 4.39 Å². The van der Waals surface area contributed by atoms with Gasteiger partial charge in [-0.25, -0.2) is 23.0 Å². The quantitative estimate of drug-likeness (QED) is 0.353. The Morgan fingerprint density at radius 3 is 2.35 bits per heavy atom. The highest BCUT2D eigenvalue weighted by Gasteiger charge is 2.07. The van der Waals surface area contributed by atoms with E-state index in [-0.39, 0.29) is 5.82 Å². The van der Waals surface area contributed by atoms with Crippen LogP contribution >= 0.6 is 0 Å². The van der Waals surface area contributed by atoms with Crippen molar-refractivity contribution in [1.82, 2.24) is 0 Å². The molecule has 0 spiro atoms. The van der Waals surface area contributed by atoms with Crippen molar-refractivity contribution in [2.24, 2.45) is 0 Å². The van der Waals surface area contributed by atoms with E-state index in [4.69, 9.17) is 18.6 Å². The minimum Gasteiger partial charge on any atom is -0.222 e. The second-order valence-corrected chi connectivity index (χ2v) is 4.68. The molecule has 0 bridgehead atoms. The molecule has 7 heteroatoms. The Bertz CT molecular complexity index is 739. The van der Waals surface area contributed by atoms with Crippen LogP contribution in [0.25, 0.3) is 16.3 Å². The van der Waals surface area contributed by atoms with Gasteiger partial charge in [-0.15, -0.1) is 10.2 Å². The van der Waals surface area contributed by atoms with E-state index in [1.807, 2.05) is 47.1 Å². The fourth-order valence-corrected chi connectivity index (χ4v) is 1.82. The summed E-state index contributed by atoms with van der Waals surface area (Å²) in [6, 6.07) is 13.0. The first-order chi connectivity index (χ1) is 9.34. The third kappa shape index (κ3) is 3.83. The van der Waals surface area contributed by atoms with Gasteiger partial charge in [0.15, 0.2) is 12.4 Å². The normalized spacial score (nSPS) is 11.2. The molecule has 5 nitrogen and oxygen atoms in total. The molecule has 0 saturated carbocycles. The second kappa shape index (κ2) is 5.66. The molecule has 0 aliphatic carbocycles. The predicted molar refractivity (Wildman–Crippen MR) is 57.1 cm³/mol. The highest BCUT2D eigenvalue weighted by molar-refractivity contribution is 5.84. The molecular formula is C13H9ClFNO4. The summed E-state index contributed by atoms with van der Waals surface area (Å²) in [5.74, 6) is -0.175. The van der Waals surface area contributed by atoms with Gasteiger partial charge in [0.1, 0.15) is 5.82 Å². The van der Waals surface area contributed by atoms with Crippen molar-refractivity contribution in [3.8, 4) is 0 Å². The fourth-order valence-electron chi connectivity index (χ4n) is 1.82. The molecule has 104 valence electrons. The van der Waals surface area contributed by atoms with Crippen LogP contribution < -0.4 is 23.0 Å². The maximum Gasteiger partial charge on any atom is 0.211 e. The van der Waals surface area contributed by atoms with Gasteiger partial charge in [-0.1, -0.05) is 12.1 Å². The summed E-state index contributed by atoms with van der Waals surface area (Å²) in [6.45, 7) is 0. The SMILES string of the molecule is Fc1cccc2cc3cccc[n+]3cc12.[O-][Cl+3]([O-])([O-])[O-]. The van der Waals surface area contributed by atoms with Gasteiger partial charge in [-0.3, -0.25) is 0 Å². The molecular weight excluding hydrogens is 289 g/mol. The van der Waals surface area contributed by atoms with E-state index in [0.29, 0.717) is 5.39 Å². The van der Waals surface area contributed by atoms with E-state index in [2.05, 4.69) is 0 Å². The smallest absolute Gasteiger partial charge is 0.211 e. The van der Waals surface area contributed by atoms with Crippen LogP contribution in [-0.4, -0.2) is 0 Å². The maximum absolute atomic E-state index is 13.5. The molecule has 0 fully saturated rings. The van der Waals surface area contributed by atoms with E-state index in [1.54, 1.807) is 6.07 Å². The van der Waals surface area contributed by atoms with Crippen molar-refractivity contribution in [1.29, 1.82) is 0 Å². The maximum atomic E-state index is 13.5. The van der Waals surface area contributed by atoms with Crippen LogP contribution in [0.5, 0.6) is 0 Å². The number of aromatic nitrogens is 1. The molecule has 1 aromatic carbocycles. The summed E-state index contributed by atoms with van der Waals surface area (Å²) in [5.41, 5.74) is 1.07. The lowest BCUT2D eigenvalue weighted by Gasteiger charge is -2.17. The Kier molecular flexibility index (Phi) is 4.12. The zero-order valence-corrected chi connectivity index (χ0v) is 10.8. The first kappa shape index (κ1) is 14.6. The Balaban J connectivity index is 0.000000257. The predicted octanol–water partition coefficient (Wildman–Crippen LogP) is -2.04. The topological polar surface area (TPSA) is 96.3 Å². The largest absolute Gasteiger partial charge is 0.222 e. The van der Waals surface area contributed by atoms with Crippen molar-refractivity contribution >= 4 is 16.3 Å². The number of benzene rings is 1. The number of pyridine rings is 2. The highest BCUT2D eigenvalue weighted by atomic mass is 35.7. The van der Waals surface area contributed by atoms with Crippen LogP contribution in [0.4, 0.5) is 4.39 Å². The number of nitrogens with zero attached hydrogens (tertiary/aromatic N) is 1. The summed E-state index contributed by atoms with van der Waals surface area (Å²) >= 11 is 0. The van der Waals surface area contributed by atoms with Gasteiger partial charge in [-0.05, 0) is 17.5 Å². The lowest BCUT2D eigenvalue weighted by Crippen LogP contribution is -2.68. The standard InChI is InChI=1S/C13H9FN.ClHO4/c14-13-6-3-4-10-8-11-5-1-2-7-15(11)9-12(10)13;2-1(3,4)5/h1-9H;(H,2,3,4,5)/q+1;/p-1. The van der Waals surface area contributed by atoms with Crippen LogP contribution in [0.1, 0.15) is 0 Å². The first-order valence-corrected chi connectivity index (χ1v) is 6.68. The molecule has 20 heavy (non-hydrogen) atoms. The third-order valence-electron chi connectivity index (χ3n) is 2.58. The van der Waals surface area contributed by atoms with Crippen LogP contribution in [0, 0.1) is 16.1 Å². The zero-order valence-electron chi connectivity index (χ0n) is 10.0. The number of hydrogen-bond donors (Lipinski definition) is 0. The van der Waals surface area contributed by atoms with Crippen LogP contribution in [-0.2, 0) is 0 Å². The molecule has 3 rings (SSSR count). The van der Waals surface area contributed by atoms with E-state index < -0.39 is 10.2 Å². The summed E-state index contributed by atoms with van der Waals surface area (Å²) in [7, 11) is -4.94. The summed E-state index contributed by atoms with van der Waals surface area (Å²) < 4.78 is 49.4. The van der Waals surface area contributed by atoms with Crippen molar-refractivity contribution in [3.05, 3.63) is 60.7 Å². The van der Waals surface area contributed by atoms with Crippen molar-refractivity contribution in [2.75, 3.05) is 0 Å². The van der Waals surface area contributed by atoms with Gasteiger partial charge in [0.05, 0.1) is 5.39 Å². The lowest BCUT2D eigenvalue weighted by molar-refractivity contribution is -2.00. The second-order valence-electron chi connectivity index (χ2n) is 3.93. The average Bonchev–Trinajstić information content (AvgIpc) is 2.35. The number of rotatable bonds is 0. The zero-order chi connectivity index (χ0) is 14.8. The van der Waals surface area contributed by atoms with Crippen LogP contribution in [0.2, 0.25) is 0 Å². The van der Waals surface area contributed by atoms with Gasteiger partial charge >= 0.3 is 0 Å². The molecule has 0 unspecified atom stereocenters. The number of halogens is 2. The number of hydrogen-bond acceptors (Lipinski definition) is 4. The molecule has 3 aromatic rings. The van der Waals surface area contributed by atoms with E-state index >= 15 is 0 Å². The monoisotopic (exact) mass is 297 g/mol. The van der Waals surface area contributed by atoms with Gasteiger partial charge in [0, 0.05) is 18.2 Å². The molecule has 0 atom stereocenters. The molecule has 2 heterocycles. The fraction of sp³-hybridized carbons (Fsp3) is 0. The highest BCUT2D eigenvalue weighted by Crippen LogP contribution is 2.16. The Morgan fingerprint density at radius 2 is 1.65 bits per heavy atom. The first-order valence-electron chi connectivity index (χ1n) is 5.44. The minimum absolute atomic E-state index is 0.175. The summed E-state index contributed by atoms with van der Waals surface area (Å²) in [5, 5.41) is 1.59. The van der Waals surface area contributed by atoms with E-state index in [1.165, 1.54) is 6.07 Å². The third-order valence-corrected chi connectivity index (χ3v) is 2.58. The Hall–Kier alpha value is -1.83. The molecule has 0 aliphatic rings. The van der Waals surface area contributed by atoms with Gasteiger partial charge in [-0.2, -0.15) is 4.40 Å². The minimum atomic E-state index is -4.94. The van der Waals surface area contributed by atoms with Crippen LogP contribution in [0.3, 0.4) is 0 Å². The molecule has 0 aliphatic heterocycles. The molecule has 0 amide bonds. The summed E-state index contributed by atoms with van der Waals surface area (Å²) in [4.78, 5) is 0.